The molecule has 1 atom stereocenters. The molecule has 1 aromatic carbocycles. The number of para-hydroxylation sites is 2. The molecule has 18 heavy (non-hydrogen) atoms. The lowest BCUT2D eigenvalue weighted by Gasteiger charge is -2.17. The van der Waals surface area contributed by atoms with Crippen molar-refractivity contribution in [2.24, 2.45) is 5.73 Å². The molecule has 2 N–H and O–H groups in total. The van der Waals surface area contributed by atoms with E-state index in [1.54, 1.807) is 7.11 Å². The molecule has 0 aliphatic heterocycles. The quantitative estimate of drug-likeness (QED) is 0.817. The largest absolute Gasteiger partial charge is 0.493 e. The van der Waals surface area contributed by atoms with Crippen LogP contribution < -0.4 is 15.2 Å². The molecule has 4 nitrogen and oxygen atoms in total. The summed E-state index contributed by atoms with van der Waals surface area (Å²) < 4.78 is 22.4. The Kier molecular flexibility index (Phi) is 5.62. The molecule has 0 heterocycles. The maximum Gasteiger partial charge on any atom is 0.161 e. The van der Waals surface area contributed by atoms with Crippen LogP contribution in [0.5, 0.6) is 11.5 Å². The summed E-state index contributed by atoms with van der Waals surface area (Å²) in [6.07, 6.45) is 0. The molecule has 0 amide bonds. The molecular formula is C13H21NO3S. The Morgan fingerprint density at radius 1 is 1.28 bits per heavy atom. The van der Waals surface area contributed by atoms with Gasteiger partial charge in [0.2, 0.25) is 0 Å². The number of methoxy groups -OCH3 is 1. The van der Waals surface area contributed by atoms with Crippen LogP contribution in [0.25, 0.3) is 0 Å². The van der Waals surface area contributed by atoms with Gasteiger partial charge in [0, 0.05) is 22.1 Å². The van der Waals surface area contributed by atoms with Crippen LogP contribution in [0.4, 0.5) is 0 Å². The zero-order valence-corrected chi connectivity index (χ0v) is 12.0. The van der Waals surface area contributed by atoms with Crippen molar-refractivity contribution in [1.29, 1.82) is 0 Å². The smallest absolute Gasteiger partial charge is 0.161 e. The first-order valence-electron chi connectivity index (χ1n) is 5.82. The third-order valence-corrected chi connectivity index (χ3v) is 3.86. The maximum absolute atomic E-state index is 11.7. The van der Waals surface area contributed by atoms with E-state index in [9.17, 15) is 4.21 Å². The van der Waals surface area contributed by atoms with Crippen LogP contribution in [0.2, 0.25) is 0 Å². The van der Waals surface area contributed by atoms with E-state index in [-0.39, 0.29) is 0 Å². The molecule has 0 aliphatic rings. The summed E-state index contributed by atoms with van der Waals surface area (Å²) in [6, 6.07) is 7.41. The van der Waals surface area contributed by atoms with E-state index in [4.69, 9.17) is 15.2 Å². The van der Waals surface area contributed by atoms with Gasteiger partial charge in [0.05, 0.1) is 19.5 Å². The molecule has 0 fully saturated rings. The Labute approximate surface area is 111 Å². The zero-order valence-electron chi connectivity index (χ0n) is 11.1. The first-order valence-corrected chi connectivity index (χ1v) is 7.31. The van der Waals surface area contributed by atoms with E-state index >= 15 is 0 Å². The highest BCUT2D eigenvalue weighted by Crippen LogP contribution is 2.25. The van der Waals surface area contributed by atoms with Gasteiger partial charge in [-0.05, 0) is 26.0 Å². The van der Waals surface area contributed by atoms with Crippen LogP contribution in [0.3, 0.4) is 0 Å². The second kappa shape index (κ2) is 6.75. The molecule has 0 saturated heterocycles. The molecule has 102 valence electrons. The fraction of sp³-hybridized carbons (Fsp3) is 0.538. The van der Waals surface area contributed by atoms with E-state index in [0.29, 0.717) is 29.6 Å². The van der Waals surface area contributed by atoms with Gasteiger partial charge in [0.25, 0.3) is 0 Å². The van der Waals surface area contributed by atoms with E-state index in [2.05, 4.69) is 0 Å². The summed E-state index contributed by atoms with van der Waals surface area (Å²) in [4.78, 5) is 0. The van der Waals surface area contributed by atoms with E-state index in [0.717, 1.165) is 0 Å². The minimum Gasteiger partial charge on any atom is -0.493 e. The topological polar surface area (TPSA) is 61.5 Å². The molecule has 0 saturated carbocycles. The maximum atomic E-state index is 11.7. The van der Waals surface area contributed by atoms with Gasteiger partial charge in [-0.2, -0.15) is 0 Å². The van der Waals surface area contributed by atoms with Crippen molar-refractivity contribution in [3.8, 4) is 11.5 Å². The van der Waals surface area contributed by atoms with Crippen molar-refractivity contribution in [3.05, 3.63) is 24.3 Å². The molecule has 0 aromatic heterocycles. The predicted molar refractivity (Wildman–Crippen MR) is 74.6 cm³/mol. The normalized spacial score (nSPS) is 13.1. The average molecular weight is 271 g/mol. The second-order valence-electron chi connectivity index (χ2n) is 4.78. The number of hydrogen-bond donors (Lipinski definition) is 1. The Bertz CT molecular complexity index is 401. The predicted octanol–water partition coefficient (Wildman–Crippen LogP) is 1.56. The third kappa shape index (κ3) is 5.51. The van der Waals surface area contributed by atoms with E-state index in [1.807, 2.05) is 38.1 Å². The van der Waals surface area contributed by atoms with E-state index < -0.39 is 16.3 Å². The molecule has 0 radical (unpaired) electrons. The molecule has 1 unspecified atom stereocenters. The summed E-state index contributed by atoms with van der Waals surface area (Å²) in [5.41, 5.74) is 5.40. The summed E-state index contributed by atoms with van der Waals surface area (Å²) in [7, 11) is 0.632. The van der Waals surface area contributed by atoms with Crippen molar-refractivity contribution < 1.29 is 13.7 Å². The third-order valence-electron chi connectivity index (χ3n) is 2.17. The molecule has 1 aromatic rings. The summed E-state index contributed by atoms with van der Waals surface area (Å²) in [5, 5.41) is 0. The SMILES string of the molecule is COc1ccccc1OCCS(=O)CC(C)(C)N. The summed E-state index contributed by atoms with van der Waals surface area (Å²) >= 11 is 0. The molecule has 1 rings (SSSR count). The fourth-order valence-corrected chi connectivity index (χ4v) is 2.71. The minimum atomic E-state index is -0.963. The van der Waals surface area contributed by atoms with E-state index in [1.165, 1.54) is 0 Å². The lowest BCUT2D eigenvalue weighted by atomic mass is 10.1. The van der Waals surface area contributed by atoms with Gasteiger partial charge in [0.15, 0.2) is 11.5 Å². The number of benzene rings is 1. The fourth-order valence-electron chi connectivity index (χ4n) is 1.47. The Morgan fingerprint density at radius 3 is 2.44 bits per heavy atom. The second-order valence-corrected chi connectivity index (χ2v) is 6.35. The van der Waals surface area contributed by atoms with Crippen LogP contribution >= 0.6 is 0 Å². The number of ether oxygens (including phenoxy) is 2. The summed E-state index contributed by atoms with van der Waals surface area (Å²) in [5.74, 6) is 2.30. The highest BCUT2D eigenvalue weighted by atomic mass is 32.2. The summed E-state index contributed by atoms with van der Waals surface area (Å²) in [6.45, 7) is 4.13. The van der Waals surface area contributed by atoms with Gasteiger partial charge in [-0.25, -0.2) is 0 Å². The monoisotopic (exact) mass is 271 g/mol. The van der Waals surface area contributed by atoms with Gasteiger partial charge in [-0.3, -0.25) is 4.21 Å². The van der Waals surface area contributed by atoms with Gasteiger partial charge in [-0.1, -0.05) is 12.1 Å². The Morgan fingerprint density at radius 2 is 1.89 bits per heavy atom. The first-order chi connectivity index (χ1) is 8.42. The lowest BCUT2D eigenvalue weighted by molar-refractivity contribution is 0.312. The van der Waals surface area contributed by atoms with Crippen molar-refractivity contribution in [2.75, 3.05) is 25.2 Å². The zero-order chi connectivity index (χ0) is 13.6. The van der Waals surface area contributed by atoms with Crippen molar-refractivity contribution in [2.45, 2.75) is 19.4 Å². The highest BCUT2D eigenvalue weighted by molar-refractivity contribution is 7.85. The van der Waals surface area contributed by atoms with Crippen LogP contribution in [0.1, 0.15) is 13.8 Å². The Hall–Kier alpha value is -1.07. The van der Waals surface area contributed by atoms with Gasteiger partial charge < -0.3 is 15.2 Å². The van der Waals surface area contributed by atoms with Crippen LogP contribution in [-0.2, 0) is 10.8 Å². The van der Waals surface area contributed by atoms with Gasteiger partial charge >= 0.3 is 0 Å². The van der Waals surface area contributed by atoms with Crippen LogP contribution in [-0.4, -0.2) is 35.0 Å². The molecule has 0 aliphatic carbocycles. The molecule has 5 heteroatoms. The van der Waals surface area contributed by atoms with Crippen molar-refractivity contribution in [1.82, 2.24) is 0 Å². The Balaban J connectivity index is 2.40. The molecule has 0 bridgehead atoms. The molecular weight excluding hydrogens is 250 g/mol. The number of rotatable bonds is 7. The highest BCUT2D eigenvalue weighted by Gasteiger charge is 2.15. The van der Waals surface area contributed by atoms with Gasteiger partial charge in [0.1, 0.15) is 0 Å². The average Bonchev–Trinajstić information content (AvgIpc) is 2.27. The van der Waals surface area contributed by atoms with Crippen LogP contribution in [0.15, 0.2) is 24.3 Å². The van der Waals surface area contributed by atoms with Gasteiger partial charge in [-0.15, -0.1) is 0 Å². The van der Waals surface area contributed by atoms with Crippen molar-refractivity contribution >= 4 is 10.8 Å². The number of hydrogen-bond acceptors (Lipinski definition) is 4. The lowest BCUT2D eigenvalue weighted by Crippen LogP contribution is -2.39. The first kappa shape index (κ1) is 15.0. The van der Waals surface area contributed by atoms with Crippen molar-refractivity contribution in [3.63, 3.8) is 0 Å². The molecule has 0 spiro atoms. The standard InChI is InChI=1S/C13H21NO3S/c1-13(2,14)10-18(15)9-8-17-12-7-5-4-6-11(12)16-3/h4-7H,8-10,14H2,1-3H3. The minimum absolute atomic E-state index is 0.392. The number of nitrogens with two attached hydrogens (primary N) is 1. The van der Waals surface area contributed by atoms with Crippen LogP contribution in [0, 0.1) is 0 Å².